The number of fused-ring (bicyclic) bond motifs is 10. The van der Waals surface area contributed by atoms with Gasteiger partial charge in [0.15, 0.2) is 12.3 Å². The Morgan fingerprint density at radius 2 is 1.72 bits per heavy atom. The molecule has 0 amide bonds. The largest absolute Gasteiger partial charge is 0.396 e. The van der Waals surface area contributed by atoms with Gasteiger partial charge < -0.3 is 14.7 Å². The molecule has 0 spiro atoms. The van der Waals surface area contributed by atoms with Crippen LogP contribution in [0.5, 0.6) is 0 Å². The predicted molar refractivity (Wildman–Crippen MR) is 176 cm³/mol. The molecule has 3 unspecified atom stereocenters. The van der Waals surface area contributed by atoms with Gasteiger partial charge in [0.1, 0.15) is 6.10 Å². The van der Waals surface area contributed by atoms with Crippen LogP contribution >= 0.6 is 0 Å². The smallest absolute Gasteiger partial charge is 0.209 e. The number of ether oxygens (including phenoxy) is 1. The van der Waals surface area contributed by atoms with Gasteiger partial charge in [0, 0.05) is 52.7 Å². The Bertz CT molecular complexity index is 1760. The maximum atomic E-state index is 9.55. The lowest BCUT2D eigenvalue weighted by Gasteiger charge is -2.47. The van der Waals surface area contributed by atoms with Crippen molar-refractivity contribution in [2.45, 2.75) is 89.8 Å². The van der Waals surface area contributed by atoms with Crippen molar-refractivity contribution in [2.75, 3.05) is 24.6 Å². The topological polar surface area (TPSA) is 35.7 Å². The molecule has 3 atom stereocenters. The van der Waals surface area contributed by atoms with Gasteiger partial charge in [-0.2, -0.15) is 4.58 Å². The van der Waals surface area contributed by atoms with E-state index in [9.17, 15) is 5.11 Å². The minimum Gasteiger partial charge on any atom is -0.396 e. The van der Waals surface area contributed by atoms with Gasteiger partial charge in [-0.15, -0.1) is 0 Å². The highest BCUT2D eigenvalue weighted by atomic mass is 16.5. The fourth-order valence-electron chi connectivity index (χ4n) is 9.45. The third kappa shape index (κ3) is 3.72. The Hall–Kier alpha value is -3.21. The molecule has 5 heterocycles. The van der Waals surface area contributed by atoms with E-state index in [4.69, 9.17) is 4.74 Å². The number of unbranched alkanes of at least 4 members (excludes halogenated alkanes) is 2. The second-order valence-electron chi connectivity index (χ2n) is 15.0. The van der Waals surface area contributed by atoms with Crippen LogP contribution in [-0.2, 0) is 15.6 Å². The Morgan fingerprint density at radius 1 is 0.930 bits per heavy atom. The summed E-state index contributed by atoms with van der Waals surface area (Å²) in [6.45, 7) is 14.3. The van der Waals surface area contributed by atoms with Gasteiger partial charge >= 0.3 is 0 Å². The van der Waals surface area contributed by atoms with E-state index in [1.54, 1.807) is 0 Å². The van der Waals surface area contributed by atoms with E-state index in [0.29, 0.717) is 0 Å². The van der Waals surface area contributed by atoms with Crippen LogP contribution in [0.2, 0.25) is 0 Å². The molecule has 5 aliphatic heterocycles. The van der Waals surface area contributed by atoms with Crippen molar-refractivity contribution in [3.8, 4) is 0 Å². The van der Waals surface area contributed by atoms with Crippen LogP contribution in [0.15, 0.2) is 83.6 Å². The summed E-state index contributed by atoms with van der Waals surface area (Å²) < 4.78 is 9.92. The second-order valence-corrected chi connectivity index (χ2v) is 15.0. The summed E-state index contributed by atoms with van der Waals surface area (Å²) in [4.78, 5) is 2.64. The standard InChI is InChI=1S/C39H45N2O2/c1-37(2)24-41-30-16-10-9-15-29(30)38(3,4)34(41)28-23-27-32(43-36(28)37)19-21-40-31-18-17-25-13-7-8-14-26(25)33(31)39(5,35(27)40)20-11-6-12-22-42/h7-10,13-18,23,32,36,42H,6,11-12,19-22,24H2,1-5H3/q+1. The molecular weight excluding hydrogens is 528 g/mol. The van der Waals surface area contributed by atoms with Crippen LogP contribution in [0.3, 0.4) is 0 Å². The maximum Gasteiger partial charge on any atom is 0.209 e. The minimum atomic E-state index is -0.129. The molecule has 3 aromatic carbocycles. The van der Waals surface area contributed by atoms with Crippen LogP contribution in [0.4, 0.5) is 11.4 Å². The SMILES string of the molecule is CC1(C)C2=[N+](CC(C)(C)C3OC4CCN5C(=C4C=C23)C(C)(CCCCCO)c2c5ccc3ccccc23)c2ccccc21. The van der Waals surface area contributed by atoms with E-state index in [-0.39, 0.29) is 35.1 Å². The average Bonchev–Trinajstić information content (AvgIpc) is 3.39. The fourth-order valence-corrected chi connectivity index (χ4v) is 9.45. The van der Waals surface area contributed by atoms with Crippen molar-refractivity contribution in [3.05, 3.63) is 94.7 Å². The summed E-state index contributed by atoms with van der Waals surface area (Å²) in [5, 5.41) is 12.2. The third-order valence-electron chi connectivity index (χ3n) is 11.3. The quantitative estimate of drug-likeness (QED) is 0.249. The van der Waals surface area contributed by atoms with Crippen LogP contribution in [0, 0.1) is 5.41 Å². The van der Waals surface area contributed by atoms with Crippen molar-refractivity contribution >= 4 is 27.9 Å². The Kier molecular flexibility index (Phi) is 5.97. The molecule has 0 aliphatic carbocycles. The van der Waals surface area contributed by atoms with Gasteiger partial charge in [-0.1, -0.05) is 75.2 Å². The number of rotatable bonds is 5. The number of aliphatic hydroxyl groups is 1. The molecular formula is C39H45N2O2+. The van der Waals surface area contributed by atoms with Gasteiger partial charge in [-0.3, -0.25) is 0 Å². The number of benzene rings is 3. The zero-order chi connectivity index (χ0) is 29.7. The van der Waals surface area contributed by atoms with Crippen molar-refractivity contribution in [3.63, 3.8) is 0 Å². The zero-order valence-corrected chi connectivity index (χ0v) is 26.4. The highest BCUT2D eigenvalue weighted by molar-refractivity contribution is 6.09. The van der Waals surface area contributed by atoms with E-state index >= 15 is 0 Å². The summed E-state index contributed by atoms with van der Waals surface area (Å²) in [5.41, 5.74) is 11.0. The molecule has 0 aromatic heterocycles. The number of hydrogen-bond acceptors (Lipinski definition) is 3. The fraction of sp³-hybridized carbons (Fsp3) is 0.462. The third-order valence-corrected chi connectivity index (χ3v) is 11.3. The average molecular weight is 574 g/mol. The maximum absolute atomic E-state index is 9.55. The van der Waals surface area contributed by atoms with Gasteiger partial charge in [0.25, 0.3) is 0 Å². The Morgan fingerprint density at radius 3 is 2.56 bits per heavy atom. The highest BCUT2D eigenvalue weighted by Gasteiger charge is 2.59. The van der Waals surface area contributed by atoms with E-state index < -0.39 is 0 Å². The first-order valence-electron chi connectivity index (χ1n) is 16.4. The summed E-state index contributed by atoms with van der Waals surface area (Å²) in [6.07, 6.45) is 7.85. The van der Waals surface area contributed by atoms with E-state index in [0.717, 1.165) is 45.2 Å². The molecule has 0 radical (unpaired) electrons. The molecule has 8 rings (SSSR count). The van der Waals surface area contributed by atoms with Gasteiger partial charge in [0.2, 0.25) is 5.69 Å². The second kappa shape index (κ2) is 9.39. The monoisotopic (exact) mass is 573 g/mol. The normalized spacial score (nSPS) is 27.8. The molecule has 0 bridgehead atoms. The lowest BCUT2D eigenvalue weighted by atomic mass is 9.68. The first kappa shape index (κ1) is 27.3. The molecule has 3 aromatic rings. The zero-order valence-electron chi connectivity index (χ0n) is 26.4. The summed E-state index contributed by atoms with van der Waals surface area (Å²) >= 11 is 0. The molecule has 1 N–H and O–H groups in total. The number of allylic oxidation sites excluding steroid dienone is 1. The van der Waals surface area contributed by atoms with E-state index in [1.807, 2.05) is 0 Å². The first-order chi connectivity index (χ1) is 20.7. The molecule has 5 aliphatic rings. The Balaban J connectivity index is 1.36. The lowest BCUT2D eigenvalue weighted by molar-refractivity contribution is -0.466. The number of aliphatic hydroxyl groups excluding tert-OH is 1. The van der Waals surface area contributed by atoms with E-state index in [2.05, 4.69) is 111 Å². The number of nitrogens with zero attached hydrogens (tertiary/aromatic N) is 2. The number of anilines is 1. The van der Waals surface area contributed by atoms with Gasteiger partial charge in [0.05, 0.1) is 16.9 Å². The highest BCUT2D eigenvalue weighted by Crippen LogP contribution is 2.58. The first-order valence-corrected chi connectivity index (χ1v) is 16.4. The lowest BCUT2D eigenvalue weighted by Crippen LogP contribution is -2.54. The number of hydrogen-bond donors (Lipinski definition) is 1. The van der Waals surface area contributed by atoms with Crippen molar-refractivity contribution in [2.24, 2.45) is 5.41 Å². The van der Waals surface area contributed by atoms with Crippen LogP contribution in [0.1, 0.15) is 77.8 Å². The molecule has 4 nitrogen and oxygen atoms in total. The molecule has 0 fully saturated rings. The van der Waals surface area contributed by atoms with Crippen LogP contribution < -0.4 is 4.90 Å². The van der Waals surface area contributed by atoms with Crippen molar-refractivity contribution in [1.82, 2.24) is 0 Å². The molecule has 0 saturated carbocycles. The van der Waals surface area contributed by atoms with Crippen LogP contribution in [-0.4, -0.2) is 47.3 Å². The van der Waals surface area contributed by atoms with Crippen LogP contribution in [0.25, 0.3) is 10.8 Å². The molecule has 4 heteroatoms. The minimum absolute atomic E-state index is 0.0152. The molecule has 222 valence electrons. The predicted octanol–water partition coefficient (Wildman–Crippen LogP) is 7.94. The molecule has 0 saturated heterocycles. The number of para-hydroxylation sites is 1. The summed E-state index contributed by atoms with van der Waals surface area (Å²) in [7, 11) is 0. The van der Waals surface area contributed by atoms with Gasteiger partial charge in [-0.25, -0.2) is 0 Å². The Labute approximate surface area is 256 Å². The summed E-state index contributed by atoms with van der Waals surface area (Å²) in [5.74, 6) is 0. The van der Waals surface area contributed by atoms with Gasteiger partial charge in [-0.05, 0) is 68.5 Å². The van der Waals surface area contributed by atoms with Crippen molar-refractivity contribution < 1.29 is 14.4 Å². The molecule has 43 heavy (non-hydrogen) atoms. The summed E-state index contributed by atoms with van der Waals surface area (Å²) in [6, 6.07) is 22.6. The van der Waals surface area contributed by atoms with E-state index in [1.165, 1.54) is 55.8 Å². The van der Waals surface area contributed by atoms with Crippen molar-refractivity contribution in [1.29, 1.82) is 0 Å².